The summed E-state index contributed by atoms with van der Waals surface area (Å²) in [5, 5.41) is 9.78. The van der Waals surface area contributed by atoms with E-state index in [9.17, 15) is 28.6 Å². The van der Waals surface area contributed by atoms with Gasteiger partial charge in [0, 0.05) is 48.1 Å². The second-order valence-corrected chi connectivity index (χ2v) is 19.2. The minimum absolute atomic E-state index is 0.0206. The monoisotopic (exact) mass is 944 g/mol. The van der Waals surface area contributed by atoms with Crippen molar-refractivity contribution >= 4 is 42.9 Å². The van der Waals surface area contributed by atoms with Crippen molar-refractivity contribution in [3.8, 4) is 17.0 Å². The Labute approximate surface area is 395 Å². The average Bonchev–Trinajstić information content (AvgIpc) is 3.80. The largest absolute Gasteiger partial charge is 0.510 e. The Morgan fingerprint density at radius 2 is 1.33 bits per heavy atom. The van der Waals surface area contributed by atoms with Crippen LogP contribution < -0.4 is 15.4 Å². The zero-order chi connectivity index (χ0) is 47.6. The lowest BCUT2D eigenvalue weighted by Crippen LogP contribution is -2.49. The van der Waals surface area contributed by atoms with Crippen LogP contribution in [-0.2, 0) is 49.5 Å². The number of alkyl carbamates (subject to hydrolysis) is 1. The van der Waals surface area contributed by atoms with Crippen molar-refractivity contribution in [2.75, 3.05) is 12.4 Å². The predicted octanol–water partition coefficient (Wildman–Crippen LogP) is 9.55. The van der Waals surface area contributed by atoms with E-state index in [2.05, 4.69) is 15.8 Å². The molecule has 13 nitrogen and oxygen atoms in total. The molecule has 0 spiro atoms. The summed E-state index contributed by atoms with van der Waals surface area (Å²) in [6.07, 6.45) is -0.959. The summed E-state index contributed by atoms with van der Waals surface area (Å²) in [6.45, 7) is 5.65. The number of hydrogen-bond donors (Lipinski definition) is 3. The first-order valence-electron chi connectivity index (χ1n) is 21.9. The van der Waals surface area contributed by atoms with Crippen molar-refractivity contribution in [1.82, 2.24) is 15.8 Å². The van der Waals surface area contributed by atoms with E-state index in [1.165, 1.54) is 0 Å². The van der Waals surface area contributed by atoms with Crippen molar-refractivity contribution in [3.63, 3.8) is 0 Å². The molecule has 6 aromatic rings. The summed E-state index contributed by atoms with van der Waals surface area (Å²) in [6, 6.07) is 43.0. The number of carbonyl (C=O) groups excluding carboxylic acids is 4. The lowest BCUT2D eigenvalue weighted by Gasteiger charge is -2.25. The maximum absolute atomic E-state index is 14.8. The molecule has 1 heterocycles. The fourth-order valence-corrected chi connectivity index (χ4v) is 8.83. The van der Waals surface area contributed by atoms with Crippen LogP contribution in [0.5, 0.6) is 5.75 Å². The number of rotatable bonds is 22. The molecule has 348 valence electrons. The second-order valence-electron chi connectivity index (χ2n) is 16.8. The van der Waals surface area contributed by atoms with Crippen LogP contribution in [0.25, 0.3) is 11.3 Å². The Kier molecular flexibility index (Phi) is 18.4. The number of carbonyl (C=O) groups is 4. The molecule has 5 aromatic carbocycles. The predicted molar refractivity (Wildman–Crippen MR) is 258 cm³/mol. The molecule has 0 saturated heterocycles. The molecule has 0 bridgehead atoms. The lowest BCUT2D eigenvalue weighted by atomic mass is 9.91. The normalized spacial score (nSPS) is 13.3. The van der Waals surface area contributed by atoms with Crippen molar-refractivity contribution < 1.29 is 47.4 Å². The molecule has 1 aromatic heterocycles. The highest BCUT2D eigenvalue weighted by Crippen LogP contribution is 2.35. The van der Waals surface area contributed by atoms with E-state index in [1.807, 2.05) is 118 Å². The molecule has 0 aliphatic rings. The quantitative estimate of drug-likeness (QED) is 0.0333. The van der Waals surface area contributed by atoms with Crippen LogP contribution in [0.15, 0.2) is 156 Å². The van der Waals surface area contributed by atoms with Crippen LogP contribution in [0.3, 0.4) is 0 Å². The Morgan fingerprint density at radius 3 is 1.96 bits per heavy atom. The van der Waals surface area contributed by atoms with Gasteiger partial charge in [0.25, 0.3) is 0 Å². The van der Waals surface area contributed by atoms with Gasteiger partial charge in [-0.3, -0.25) is 9.59 Å². The van der Waals surface area contributed by atoms with Gasteiger partial charge in [-0.2, -0.15) is 4.89 Å². The Hall–Kier alpha value is -6.60. The first-order valence-corrected chi connectivity index (χ1v) is 24.2. The van der Waals surface area contributed by atoms with Gasteiger partial charge in [0.2, 0.25) is 16.7 Å². The molecule has 6 rings (SSSR count). The van der Waals surface area contributed by atoms with E-state index in [1.54, 1.807) is 54.6 Å². The molecule has 3 N–H and O–H groups in total. The van der Waals surface area contributed by atoms with Gasteiger partial charge in [0.15, 0.2) is 0 Å². The first kappa shape index (κ1) is 49.8. The minimum Gasteiger partial charge on any atom is -0.488 e. The number of nitrogens with zero attached hydrogens (tertiary/aromatic N) is 1. The average molecular weight is 945 g/mol. The molecule has 0 saturated carbocycles. The lowest BCUT2D eigenvalue weighted by molar-refractivity contribution is -0.147. The van der Waals surface area contributed by atoms with Crippen molar-refractivity contribution in [1.29, 1.82) is 0 Å². The summed E-state index contributed by atoms with van der Waals surface area (Å²) in [5.41, 5.74) is 2.39. The van der Waals surface area contributed by atoms with Crippen molar-refractivity contribution in [3.05, 3.63) is 180 Å². The van der Waals surface area contributed by atoms with Gasteiger partial charge >= 0.3 is 20.1 Å². The van der Waals surface area contributed by atoms with E-state index < -0.39 is 55.3 Å². The van der Waals surface area contributed by atoms with Gasteiger partial charge in [-0.15, -0.1) is 0 Å². The van der Waals surface area contributed by atoms with Gasteiger partial charge in [0.1, 0.15) is 42.1 Å². The molecular formula is C52H55N3O10PS+. The zero-order valence-corrected chi connectivity index (χ0v) is 39.3. The van der Waals surface area contributed by atoms with Crippen molar-refractivity contribution in [2.24, 2.45) is 5.92 Å². The van der Waals surface area contributed by atoms with Gasteiger partial charge < -0.3 is 29.4 Å². The highest BCUT2D eigenvalue weighted by atomic mass is 32.2. The van der Waals surface area contributed by atoms with E-state index in [-0.39, 0.29) is 49.8 Å². The SMILES string of the molecule is CC(C)(C)Oc1ccc(CC(NC(=O)[C@@H](Cc2cc(-c3ccccc3)no2)CC([C@@H](Cc2ccccc2)NC(=O)OCc2ccccc2)[P+](=O)O)C(=O)OCCSC(=O)c2ccccc2)cc1. The molecule has 5 atom stereocenters. The van der Waals surface area contributed by atoms with Crippen LogP contribution in [0.1, 0.15) is 60.0 Å². The van der Waals surface area contributed by atoms with E-state index in [0.29, 0.717) is 28.3 Å². The van der Waals surface area contributed by atoms with Gasteiger partial charge in [-0.05, 0) is 60.6 Å². The number of amides is 2. The maximum atomic E-state index is 14.8. The second kappa shape index (κ2) is 24.8. The Morgan fingerprint density at radius 1 is 0.731 bits per heavy atom. The smallest absolute Gasteiger partial charge is 0.488 e. The number of aromatic nitrogens is 1. The standard InChI is InChI=1S/C52H54N3O10PS/c1-52(2,3)64-42-26-24-37(25-27-42)31-46(49(57)62-28-29-67-50(58)40-22-14-7-15-23-40)53-48(56)41(32-43-34-44(55-65-43)39-20-12-6-13-21-39)33-47(66(60)61)45(30-36-16-8-4-9-17-36)54-51(59)63-35-38-18-10-5-11-19-38/h4-27,34,41,45-47H,28-33,35H2,1-3H3,(H2-,53,54,56,59,60,61)/p+1/t41-,45+,46?,47?/m0/s1. The van der Waals surface area contributed by atoms with Crippen LogP contribution >= 0.6 is 19.8 Å². The fourth-order valence-electron chi connectivity index (χ4n) is 7.25. The molecule has 0 aliphatic carbocycles. The number of nitrogens with one attached hydrogen (secondary N) is 2. The van der Waals surface area contributed by atoms with Crippen molar-refractivity contribution in [2.45, 2.75) is 76.4 Å². The van der Waals surface area contributed by atoms with Gasteiger partial charge in [0.05, 0.1) is 6.04 Å². The summed E-state index contributed by atoms with van der Waals surface area (Å²) >= 11 is 1.01. The minimum atomic E-state index is -3.04. The summed E-state index contributed by atoms with van der Waals surface area (Å²) < 4.78 is 36.5. The highest BCUT2D eigenvalue weighted by molar-refractivity contribution is 8.14. The number of thioether (sulfide) groups is 1. The number of benzene rings is 5. The molecule has 2 amide bonds. The third-order valence-corrected chi connectivity index (χ3v) is 12.5. The Balaban J connectivity index is 1.27. The molecule has 3 unspecified atom stereocenters. The maximum Gasteiger partial charge on any atom is 0.510 e. The highest BCUT2D eigenvalue weighted by Gasteiger charge is 2.43. The molecule has 0 aliphatic heterocycles. The number of hydrogen-bond acceptors (Lipinski definition) is 11. The molecule has 0 fully saturated rings. The van der Waals surface area contributed by atoms with E-state index in [0.717, 1.165) is 28.5 Å². The topological polar surface area (TPSA) is 183 Å². The van der Waals surface area contributed by atoms with E-state index in [4.69, 9.17) is 18.7 Å². The molecule has 15 heteroatoms. The third-order valence-electron chi connectivity index (χ3n) is 10.5. The van der Waals surface area contributed by atoms with Crippen LogP contribution in [0.4, 0.5) is 4.79 Å². The number of esters is 1. The Bertz CT molecular complexity index is 2520. The number of ether oxygens (including phenoxy) is 3. The molecule has 67 heavy (non-hydrogen) atoms. The molecule has 0 radical (unpaired) electrons. The van der Waals surface area contributed by atoms with Crippen LogP contribution in [-0.4, -0.2) is 68.8 Å². The van der Waals surface area contributed by atoms with Crippen LogP contribution in [0, 0.1) is 5.92 Å². The third kappa shape index (κ3) is 16.4. The summed E-state index contributed by atoms with van der Waals surface area (Å²) in [7, 11) is -3.04. The van der Waals surface area contributed by atoms with Gasteiger partial charge in [-0.25, -0.2) is 9.59 Å². The summed E-state index contributed by atoms with van der Waals surface area (Å²) in [5.74, 6) is -1.36. The summed E-state index contributed by atoms with van der Waals surface area (Å²) in [4.78, 5) is 66.0. The fraction of sp³-hybridized carbons (Fsp3) is 0.288. The van der Waals surface area contributed by atoms with E-state index >= 15 is 0 Å². The zero-order valence-electron chi connectivity index (χ0n) is 37.6. The molecular weight excluding hydrogens is 890 g/mol. The first-order chi connectivity index (χ1) is 32.3. The van der Waals surface area contributed by atoms with Crippen LogP contribution in [0.2, 0.25) is 0 Å². The van der Waals surface area contributed by atoms with Gasteiger partial charge in [-0.1, -0.05) is 150 Å².